The van der Waals surface area contributed by atoms with Crippen LogP contribution in [0.3, 0.4) is 0 Å². The molecule has 3 aromatic heterocycles. The minimum atomic E-state index is -1.16. The van der Waals surface area contributed by atoms with Crippen LogP contribution >= 0.6 is 0 Å². The van der Waals surface area contributed by atoms with E-state index in [-0.39, 0.29) is 17.4 Å². The number of piperidine rings is 1. The van der Waals surface area contributed by atoms with Crippen molar-refractivity contribution in [2.24, 2.45) is 5.92 Å². The lowest BCUT2D eigenvalue weighted by Crippen LogP contribution is -2.46. The van der Waals surface area contributed by atoms with Crippen LogP contribution in [0, 0.1) is 17.6 Å². The fraction of sp³-hybridized carbons (Fsp3) is 0.409. The molecule has 2 unspecified atom stereocenters. The van der Waals surface area contributed by atoms with Gasteiger partial charge in [0.2, 0.25) is 0 Å². The van der Waals surface area contributed by atoms with Crippen LogP contribution in [0.2, 0.25) is 0 Å². The number of carbonyl (C=O) groups is 1. The molecule has 32 heavy (non-hydrogen) atoms. The van der Waals surface area contributed by atoms with E-state index in [1.54, 1.807) is 22.7 Å². The van der Waals surface area contributed by atoms with Crippen LogP contribution in [0.1, 0.15) is 29.6 Å². The second kappa shape index (κ2) is 8.42. The van der Waals surface area contributed by atoms with E-state index in [9.17, 15) is 18.0 Å². The SMILES string of the molecule is O=C(NCC1CC1)c1ccn2c(-c3nc(NC4CNCCC4F)c(F)cc3F)cnc2c1. The first-order valence-corrected chi connectivity index (χ1v) is 10.7. The molecule has 3 aromatic rings. The van der Waals surface area contributed by atoms with Crippen molar-refractivity contribution in [3.05, 3.63) is 47.8 Å². The maximum absolute atomic E-state index is 14.6. The van der Waals surface area contributed by atoms with Crippen LogP contribution in [0.25, 0.3) is 17.0 Å². The molecule has 2 fully saturated rings. The lowest BCUT2D eigenvalue weighted by Gasteiger charge is -2.28. The molecule has 10 heteroatoms. The molecule has 1 aliphatic carbocycles. The fourth-order valence-electron chi connectivity index (χ4n) is 3.85. The van der Waals surface area contributed by atoms with Crippen molar-refractivity contribution in [2.75, 3.05) is 25.0 Å². The summed E-state index contributed by atoms with van der Waals surface area (Å²) in [6.07, 6.45) is 4.43. The van der Waals surface area contributed by atoms with Crippen LogP contribution in [0.5, 0.6) is 0 Å². The van der Waals surface area contributed by atoms with Gasteiger partial charge in [-0.1, -0.05) is 0 Å². The average Bonchev–Trinajstić information content (AvgIpc) is 3.53. The van der Waals surface area contributed by atoms with Crippen LogP contribution < -0.4 is 16.0 Å². The number of fused-ring (bicyclic) bond motifs is 1. The summed E-state index contributed by atoms with van der Waals surface area (Å²) in [6.45, 7) is 1.52. The predicted molar refractivity (Wildman–Crippen MR) is 113 cm³/mol. The largest absolute Gasteiger partial charge is 0.361 e. The Hall–Kier alpha value is -3.14. The number of anilines is 1. The number of imidazole rings is 1. The number of halogens is 3. The van der Waals surface area contributed by atoms with Crippen molar-refractivity contribution in [1.82, 2.24) is 25.0 Å². The number of alkyl halides is 1. The summed E-state index contributed by atoms with van der Waals surface area (Å²) in [5.74, 6) is -1.60. The number of pyridine rings is 2. The van der Waals surface area contributed by atoms with Gasteiger partial charge in [0.25, 0.3) is 5.91 Å². The maximum Gasteiger partial charge on any atom is 0.251 e. The Labute approximate surface area is 182 Å². The minimum absolute atomic E-state index is 0.119. The fourth-order valence-corrected chi connectivity index (χ4v) is 3.85. The summed E-state index contributed by atoms with van der Waals surface area (Å²) < 4.78 is 44.7. The molecule has 5 rings (SSSR count). The molecule has 2 aliphatic rings. The molecule has 1 saturated carbocycles. The number of aromatic nitrogens is 3. The number of nitrogens with zero attached hydrogens (tertiary/aromatic N) is 3. The second-order valence-corrected chi connectivity index (χ2v) is 8.35. The third-order valence-corrected chi connectivity index (χ3v) is 5.92. The second-order valence-electron chi connectivity index (χ2n) is 8.35. The number of carbonyl (C=O) groups excluding carboxylic acids is 1. The van der Waals surface area contributed by atoms with Crippen LogP contribution in [0.4, 0.5) is 19.0 Å². The van der Waals surface area contributed by atoms with Gasteiger partial charge in [0.1, 0.15) is 17.5 Å². The molecular weight excluding hydrogens is 421 g/mol. The third kappa shape index (κ3) is 4.14. The van der Waals surface area contributed by atoms with Crippen molar-refractivity contribution in [2.45, 2.75) is 31.5 Å². The summed E-state index contributed by atoms with van der Waals surface area (Å²) in [5, 5.41) is 8.69. The number of amides is 1. The average molecular weight is 444 g/mol. The zero-order valence-electron chi connectivity index (χ0n) is 17.2. The summed E-state index contributed by atoms with van der Waals surface area (Å²) in [5.41, 5.74) is 1.05. The Morgan fingerprint density at radius 3 is 2.84 bits per heavy atom. The van der Waals surface area contributed by atoms with E-state index in [1.807, 2.05) is 0 Å². The summed E-state index contributed by atoms with van der Waals surface area (Å²) in [7, 11) is 0. The molecule has 1 aliphatic heterocycles. The molecule has 1 saturated heterocycles. The molecule has 1 amide bonds. The highest BCUT2D eigenvalue weighted by molar-refractivity contribution is 5.95. The zero-order chi connectivity index (χ0) is 22.2. The van der Waals surface area contributed by atoms with E-state index in [0.717, 1.165) is 18.9 Å². The molecule has 3 N–H and O–H groups in total. The van der Waals surface area contributed by atoms with Gasteiger partial charge >= 0.3 is 0 Å². The van der Waals surface area contributed by atoms with Crippen molar-refractivity contribution >= 4 is 17.4 Å². The molecule has 4 heterocycles. The van der Waals surface area contributed by atoms with E-state index >= 15 is 0 Å². The van der Waals surface area contributed by atoms with Gasteiger partial charge in [0.05, 0.1) is 17.9 Å². The number of hydrogen-bond acceptors (Lipinski definition) is 5. The van der Waals surface area contributed by atoms with Gasteiger partial charge in [0, 0.05) is 30.9 Å². The molecule has 2 atom stereocenters. The van der Waals surface area contributed by atoms with Gasteiger partial charge in [-0.3, -0.25) is 9.20 Å². The third-order valence-electron chi connectivity index (χ3n) is 5.92. The van der Waals surface area contributed by atoms with Gasteiger partial charge in [-0.2, -0.15) is 0 Å². The number of hydrogen-bond donors (Lipinski definition) is 3. The molecular formula is C22H23F3N6O. The molecule has 0 radical (unpaired) electrons. The predicted octanol–water partition coefficient (Wildman–Crippen LogP) is 2.93. The quantitative estimate of drug-likeness (QED) is 0.545. The summed E-state index contributed by atoms with van der Waals surface area (Å²) in [4.78, 5) is 20.7. The summed E-state index contributed by atoms with van der Waals surface area (Å²) in [6, 6.07) is 3.28. The Morgan fingerprint density at radius 2 is 2.06 bits per heavy atom. The Balaban J connectivity index is 1.43. The monoisotopic (exact) mass is 444 g/mol. The number of nitrogens with one attached hydrogen (secondary N) is 3. The van der Waals surface area contributed by atoms with Crippen molar-refractivity contribution in [3.63, 3.8) is 0 Å². The highest BCUT2D eigenvalue weighted by Crippen LogP contribution is 2.28. The van der Waals surface area contributed by atoms with Crippen LogP contribution in [0.15, 0.2) is 30.6 Å². The first-order valence-electron chi connectivity index (χ1n) is 10.7. The van der Waals surface area contributed by atoms with Crippen molar-refractivity contribution in [3.8, 4) is 11.4 Å². The lowest BCUT2D eigenvalue weighted by atomic mass is 10.1. The highest BCUT2D eigenvalue weighted by atomic mass is 19.1. The molecule has 0 spiro atoms. The van der Waals surface area contributed by atoms with E-state index in [2.05, 4.69) is 25.9 Å². The van der Waals surface area contributed by atoms with Gasteiger partial charge in [-0.25, -0.2) is 23.1 Å². The molecule has 0 bridgehead atoms. The molecule has 0 aromatic carbocycles. The van der Waals surface area contributed by atoms with Crippen molar-refractivity contribution < 1.29 is 18.0 Å². The van der Waals surface area contributed by atoms with Gasteiger partial charge < -0.3 is 16.0 Å². The van der Waals surface area contributed by atoms with Gasteiger partial charge in [0.15, 0.2) is 17.5 Å². The van der Waals surface area contributed by atoms with Gasteiger partial charge in [-0.05, 0) is 43.9 Å². The first kappa shape index (κ1) is 20.7. The van der Waals surface area contributed by atoms with Gasteiger partial charge in [-0.15, -0.1) is 0 Å². The van der Waals surface area contributed by atoms with E-state index < -0.39 is 23.8 Å². The van der Waals surface area contributed by atoms with Crippen LogP contribution in [-0.2, 0) is 0 Å². The molecule has 168 valence electrons. The lowest BCUT2D eigenvalue weighted by molar-refractivity contribution is 0.0951. The van der Waals surface area contributed by atoms with E-state index in [0.29, 0.717) is 48.9 Å². The Morgan fingerprint density at radius 1 is 1.22 bits per heavy atom. The maximum atomic E-state index is 14.6. The normalized spacial score (nSPS) is 21.0. The molecule has 7 nitrogen and oxygen atoms in total. The van der Waals surface area contributed by atoms with Crippen molar-refractivity contribution in [1.29, 1.82) is 0 Å². The van der Waals surface area contributed by atoms with E-state index in [4.69, 9.17) is 0 Å². The van der Waals surface area contributed by atoms with E-state index in [1.165, 1.54) is 6.20 Å². The van der Waals surface area contributed by atoms with Crippen LogP contribution in [-0.4, -0.2) is 52.1 Å². The highest BCUT2D eigenvalue weighted by Gasteiger charge is 2.27. The first-order chi connectivity index (χ1) is 15.5. The standard InChI is InChI=1S/C22H23F3N6O/c23-14-3-5-26-10-17(14)29-21-16(25)8-15(24)20(30-21)18-11-27-19-7-13(4-6-31(18)19)22(32)28-9-12-1-2-12/h4,6-8,11-12,14,17,26H,1-3,5,9-10H2,(H,28,32)(H,29,30). The number of rotatable bonds is 6. The Kier molecular flexibility index (Phi) is 5.46. The Bertz CT molecular complexity index is 1160. The zero-order valence-corrected chi connectivity index (χ0v) is 17.2. The summed E-state index contributed by atoms with van der Waals surface area (Å²) >= 11 is 0. The smallest absolute Gasteiger partial charge is 0.251 e. The topological polar surface area (TPSA) is 83.4 Å². The minimum Gasteiger partial charge on any atom is -0.361 e.